The van der Waals surface area contributed by atoms with Gasteiger partial charge in [0.2, 0.25) is 0 Å². The van der Waals surface area contributed by atoms with E-state index in [-0.39, 0.29) is 42.2 Å². The average molecular weight is 496 g/mol. The topological polar surface area (TPSA) is 66.4 Å². The molecule has 0 spiro atoms. The number of carbonyl (C=O) groups excluding carboxylic acids is 1. The summed E-state index contributed by atoms with van der Waals surface area (Å²) < 4.78 is 68.8. The summed E-state index contributed by atoms with van der Waals surface area (Å²) in [7, 11) is 2.00. The first kappa shape index (κ1) is 23.8. The molecule has 3 aliphatic rings. The quantitative estimate of drug-likeness (QED) is 0.549. The minimum absolute atomic E-state index is 0.0275. The second-order valence-corrected chi connectivity index (χ2v) is 9.74. The van der Waals surface area contributed by atoms with Gasteiger partial charge in [-0.2, -0.15) is 0 Å². The van der Waals surface area contributed by atoms with Gasteiger partial charge in [-0.25, -0.2) is 22.0 Å². The summed E-state index contributed by atoms with van der Waals surface area (Å²) in [4.78, 5) is 28.1. The molecular weight excluding hydrogens is 471 g/mol. The number of carbonyl (C=O) groups is 1. The highest BCUT2D eigenvalue weighted by Gasteiger charge is 2.56. The Bertz CT molecular complexity index is 1200. The summed E-state index contributed by atoms with van der Waals surface area (Å²) in [6.45, 7) is 1.35. The van der Waals surface area contributed by atoms with E-state index in [1.165, 1.54) is 12.1 Å². The number of nitrogens with zero attached hydrogens (tertiary/aromatic N) is 2. The average Bonchev–Trinajstić information content (AvgIpc) is 3.68. The number of rotatable bonds is 8. The van der Waals surface area contributed by atoms with Gasteiger partial charge in [0.1, 0.15) is 11.4 Å². The van der Waals surface area contributed by atoms with Crippen molar-refractivity contribution < 1.29 is 26.7 Å². The number of aromatic nitrogens is 1. The number of anilines is 1. The first-order chi connectivity index (χ1) is 16.6. The molecular formula is C24H25F5N4O2. The molecule has 2 aliphatic carbocycles. The molecule has 3 fully saturated rings. The van der Waals surface area contributed by atoms with Crippen molar-refractivity contribution in [2.45, 2.75) is 43.8 Å². The van der Waals surface area contributed by atoms with Crippen molar-refractivity contribution >= 4 is 11.6 Å². The molecule has 1 saturated heterocycles. The fourth-order valence-electron chi connectivity index (χ4n) is 5.18. The Morgan fingerprint density at radius 2 is 1.86 bits per heavy atom. The van der Waals surface area contributed by atoms with Crippen LogP contribution >= 0.6 is 0 Å². The van der Waals surface area contributed by atoms with Crippen LogP contribution in [-0.4, -0.2) is 48.0 Å². The van der Waals surface area contributed by atoms with Crippen LogP contribution in [0.4, 0.5) is 27.6 Å². The summed E-state index contributed by atoms with van der Waals surface area (Å²) in [6, 6.07) is 4.72. The van der Waals surface area contributed by atoms with E-state index in [1.54, 1.807) is 0 Å². The third-order valence-corrected chi connectivity index (χ3v) is 7.43. The van der Waals surface area contributed by atoms with Crippen molar-refractivity contribution in [1.29, 1.82) is 0 Å². The van der Waals surface area contributed by atoms with Crippen LogP contribution in [0, 0.1) is 17.7 Å². The fourth-order valence-corrected chi connectivity index (χ4v) is 5.18. The van der Waals surface area contributed by atoms with Gasteiger partial charge in [0, 0.05) is 43.5 Å². The number of piperidine rings is 1. The lowest BCUT2D eigenvalue weighted by Gasteiger charge is -2.22. The van der Waals surface area contributed by atoms with E-state index in [1.807, 2.05) is 7.05 Å². The SMILES string of the molecule is CN1CC2C(C1)C2Nc1cc(=O)n(C2(C(F)F)CC2)cc1C(=O)NCc1cccc(C(F)F)c1F. The Morgan fingerprint density at radius 1 is 1.17 bits per heavy atom. The number of amides is 1. The molecule has 1 aromatic heterocycles. The van der Waals surface area contributed by atoms with Gasteiger partial charge in [0.05, 0.1) is 16.8 Å². The van der Waals surface area contributed by atoms with Crippen molar-refractivity contribution in [3.63, 3.8) is 0 Å². The molecule has 2 aromatic rings. The summed E-state index contributed by atoms with van der Waals surface area (Å²) >= 11 is 0. The van der Waals surface area contributed by atoms with E-state index >= 15 is 0 Å². The van der Waals surface area contributed by atoms with Crippen LogP contribution in [0.2, 0.25) is 0 Å². The zero-order valence-corrected chi connectivity index (χ0v) is 18.9. The minimum atomic E-state index is -3.01. The van der Waals surface area contributed by atoms with Crippen LogP contribution in [0.3, 0.4) is 0 Å². The van der Waals surface area contributed by atoms with Crippen LogP contribution in [0.25, 0.3) is 0 Å². The molecule has 11 heteroatoms. The molecule has 2 N–H and O–H groups in total. The maximum absolute atomic E-state index is 14.4. The van der Waals surface area contributed by atoms with Crippen molar-refractivity contribution in [1.82, 2.24) is 14.8 Å². The molecule has 5 rings (SSSR count). The van der Waals surface area contributed by atoms with Crippen LogP contribution in [0.15, 0.2) is 35.3 Å². The van der Waals surface area contributed by atoms with E-state index in [4.69, 9.17) is 0 Å². The van der Waals surface area contributed by atoms with Crippen molar-refractivity contribution in [3.8, 4) is 0 Å². The van der Waals surface area contributed by atoms with Gasteiger partial charge < -0.3 is 20.1 Å². The number of fused-ring (bicyclic) bond motifs is 1. The second kappa shape index (κ2) is 8.61. The highest BCUT2D eigenvalue weighted by molar-refractivity contribution is 5.99. The zero-order valence-electron chi connectivity index (χ0n) is 18.9. The maximum atomic E-state index is 14.4. The van der Waals surface area contributed by atoms with Crippen LogP contribution in [0.1, 0.15) is 40.8 Å². The minimum Gasteiger partial charge on any atom is -0.381 e. The van der Waals surface area contributed by atoms with Crippen LogP contribution < -0.4 is 16.2 Å². The third kappa shape index (κ3) is 4.19. The number of hydrogen-bond acceptors (Lipinski definition) is 4. The maximum Gasteiger partial charge on any atom is 0.266 e. The van der Waals surface area contributed by atoms with Crippen molar-refractivity contribution in [3.05, 3.63) is 63.3 Å². The monoisotopic (exact) mass is 496 g/mol. The highest BCUT2D eigenvalue weighted by atomic mass is 19.3. The standard InChI is InChI=1S/C24H25F5N4O2/c1-32-9-14-15(10-32)20(14)31-17-7-18(34)33(24(5-6-24)23(28)29)11-16(17)22(35)30-8-12-3-2-4-13(19(12)25)21(26)27/h2-4,7,11,14-15,20-21,23,31H,5-6,8-10H2,1H3,(H,30,35). The number of halogens is 5. The fraction of sp³-hybridized carbons (Fsp3) is 0.500. The Labute approximate surface area is 198 Å². The molecule has 2 saturated carbocycles. The van der Waals surface area contributed by atoms with Gasteiger partial charge in [0.15, 0.2) is 0 Å². The highest BCUT2D eigenvalue weighted by Crippen LogP contribution is 2.49. The molecule has 2 heterocycles. The largest absolute Gasteiger partial charge is 0.381 e. The molecule has 0 bridgehead atoms. The number of nitrogens with one attached hydrogen (secondary N) is 2. The molecule has 35 heavy (non-hydrogen) atoms. The number of alkyl halides is 4. The Balaban J connectivity index is 1.42. The van der Waals surface area contributed by atoms with Gasteiger partial charge in [0.25, 0.3) is 24.3 Å². The molecule has 6 nitrogen and oxygen atoms in total. The number of likely N-dealkylation sites (tertiary alicyclic amines) is 1. The van der Waals surface area contributed by atoms with Crippen LogP contribution in [0.5, 0.6) is 0 Å². The van der Waals surface area contributed by atoms with Crippen molar-refractivity contribution in [2.75, 3.05) is 25.5 Å². The van der Waals surface area contributed by atoms with Crippen LogP contribution in [-0.2, 0) is 12.1 Å². The lowest BCUT2D eigenvalue weighted by atomic mass is 10.1. The van der Waals surface area contributed by atoms with Gasteiger partial charge in [-0.1, -0.05) is 18.2 Å². The molecule has 188 valence electrons. The first-order valence-electron chi connectivity index (χ1n) is 11.5. The van der Waals surface area contributed by atoms with E-state index in [9.17, 15) is 31.5 Å². The molecule has 1 amide bonds. The summed E-state index contributed by atoms with van der Waals surface area (Å²) in [5, 5.41) is 5.72. The zero-order chi connectivity index (χ0) is 25.1. The van der Waals surface area contributed by atoms with Crippen molar-refractivity contribution in [2.24, 2.45) is 11.8 Å². The Hall–Kier alpha value is -2.95. The summed E-state index contributed by atoms with van der Waals surface area (Å²) in [5.41, 5.74) is -2.99. The molecule has 1 aliphatic heterocycles. The van der Waals surface area contributed by atoms with Gasteiger partial charge in [-0.05, 0) is 31.7 Å². The lowest BCUT2D eigenvalue weighted by molar-refractivity contribution is 0.0648. The Kier molecular flexibility index (Phi) is 5.85. The predicted molar refractivity (Wildman–Crippen MR) is 118 cm³/mol. The summed E-state index contributed by atoms with van der Waals surface area (Å²) in [6.07, 6.45) is -4.42. The van der Waals surface area contributed by atoms with Gasteiger partial charge in [-0.3, -0.25) is 9.59 Å². The number of pyridine rings is 1. The predicted octanol–water partition coefficient (Wildman–Crippen LogP) is 3.58. The first-order valence-corrected chi connectivity index (χ1v) is 11.5. The molecule has 1 aromatic carbocycles. The van der Waals surface area contributed by atoms with E-state index in [0.717, 1.165) is 36.0 Å². The molecule has 2 atom stereocenters. The normalized spacial score (nSPS) is 24.5. The lowest BCUT2D eigenvalue weighted by Crippen LogP contribution is -2.37. The second-order valence-electron chi connectivity index (χ2n) is 9.74. The van der Waals surface area contributed by atoms with E-state index in [2.05, 4.69) is 15.5 Å². The number of hydrogen-bond donors (Lipinski definition) is 2. The summed E-state index contributed by atoms with van der Waals surface area (Å²) in [5.74, 6) is -1.12. The van der Waals surface area contributed by atoms with Gasteiger partial charge in [-0.15, -0.1) is 0 Å². The van der Waals surface area contributed by atoms with E-state index in [0.29, 0.717) is 11.8 Å². The smallest absolute Gasteiger partial charge is 0.266 e. The number of benzene rings is 1. The molecule has 2 unspecified atom stereocenters. The van der Waals surface area contributed by atoms with Gasteiger partial charge >= 0.3 is 0 Å². The Morgan fingerprint density at radius 3 is 2.46 bits per heavy atom. The van der Waals surface area contributed by atoms with E-state index < -0.39 is 41.2 Å². The third-order valence-electron chi connectivity index (χ3n) is 7.43. The molecule has 0 radical (unpaired) electrons.